The molecule has 0 saturated heterocycles. The smallest absolute Gasteiger partial charge is 0.164 e. The molecule has 2 N–H and O–H groups in total. The zero-order valence-electron chi connectivity index (χ0n) is 10.6. The molecule has 0 saturated carbocycles. The van der Waals surface area contributed by atoms with Crippen molar-refractivity contribution in [2.45, 2.75) is 40.3 Å². The Balaban J connectivity index is 2.12. The van der Waals surface area contributed by atoms with Gasteiger partial charge in [-0.2, -0.15) is 16.9 Å². The molecule has 1 heterocycles. The summed E-state index contributed by atoms with van der Waals surface area (Å²) in [6.45, 7) is 9.36. The average Bonchev–Trinajstić information content (AvgIpc) is 2.61. The lowest BCUT2D eigenvalue weighted by Crippen LogP contribution is -2.28. The zero-order valence-corrected chi connectivity index (χ0v) is 11.4. The van der Waals surface area contributed by atoms with Gasteiger partial charge >= 0.3 is 0 Å². The van der Waals surface area contributed by atoms with Crippen molar-refractivity contribution in [3.63, 3.8) is 0 Å². The molecule has 0 aromatic carbocycles. The first-order valence-corrected chi connectivity index (χ1v) is 6.92. The molecule has 1 aromatic heterocycles. The summed E-state index contributed by atoms with van der Waals surface area (Å²) in [6, 6.07) is 0.502. The summed E-state index contributed by atoms with van der Waals surface area (Å²) >= 11 is 2.00. The second kappa shape index (κ2) is 6.91. The molecule has 0 amide bonds. The summed E-state index contributed by atoms with van der Waals surface area (Å²) in [5.74, 6) is 4.86. The number of hydrogen-bond acceptors (Lipinski definition) is 4. The molecule has 1 aromatic rings. The molecule has 5 heteroatoms. The molecule has 0 aliphatic heterocycles. The lowest BCUT2D eigenvalue weighted by Gasteiger charge is -2.12. The van der Waals surface area contributed by atoms with Gasteiger partial charge in [-0.25, -0.2) is 4.98 Å². The van der Waals surface area contributed by atoms with Crippen LogP contribution in [0.3, 0.4) is 0 Å². The van der Waals surface area contributed by atoms with Crippen LogP contribution in [-0.2, 0) is 6.54 Å². The molecule has 0 radical (unpaired) electrons. The van der Waals surface area contributed by atoms with Crippen LogP contribution in [0.2, 0.25) is 0 Å². The van der Waals surface area contributed by atoms with E-state index in [1.165, 1.54) is 5.75 Å². The predicted molar refractivity (Wildman–Crippen MR) is 69.6 cm³/mol. The monoisotopic (exact) mass is 242 g/mol. The summed E-state index contributed by atoms with van der Waals surface area (Å²) < 4.78 is 0. The van der Waals surface area contributed by atoms with Gasteiger partial charge in [0.05, 0.1) is 6.54 Å². The Hall–Kier alpha value is -0.550. The molecule has 0 aliphatic carbocycles. The maximum atomic E-state index is 4.26. The summed E-state index contributed by atoms with van der Waals surface area (Å²) in [6.07, 6.45) is 0. The molecular formula is C11H22N4S. The Morgan fingerprint density at radius 1 is 1.31 bits per heavy atom. The van der Waals surface area contributed by atoms with Crippen LogP contribution in [0.25, 0.3) is 0 Å². The fourth-order valence-corrected chi connectivity index (χ4v) is 2.35. The predicted octanol–water partition coefficient (Wildman–Crippen LogP) is 1.98. The van der Waals surface area contributed by atoms with E-state index < -0.39 is 0 Å². The first-order chi connectivity index (χ1) is 7.58. The van der Waals surface area contributed by atoms with Crippen LogP contribution in [0, 0.1) is 12.8 Å². The van der Waals surface area contributed by atoms with Crippen molar-refractivity contribution in [2.75, 3.05) is 11.5 Å². The summed E-state index contributed by atoms with van der Waals surface area (Å²) in [5, 5.41) is 10.4. The van der Waals surface area contributed by atoms with Crippen LogP contribution < -0.4 is 5.32 Å². The minimum absolute atomic E-state index is 0.502. The molecule has 0 aliphatic rings. The van der Waals surface area contributed by atoms with E-state index in [1.54, 1.807) is 0 Å². The van der Waals surface area contributed by atoms with E-state index in [0.717, 1.165) is 29.9 Å². The first-order valence-electron chi connectivity index (χ1n) is 5.77. The number of aryl methyl sites for hydroxylation is 1. The van der Waals surface area contributed by atoms with Gasteiger partial charge in [0.2, 0.25) is 0 Å². The van der Waals surface area contributed by atoms with Crippen molar-refractivity contribution in [1.82, 2.24) is 20.5 Å². The van der Waals surface area contributed by atoms with Crippen molar-refractivity contribution >= 4 is 11.8 Å². The van der Waals surface area contributed by atoms with Crippen LogP contribution in [0.1, 0.15) is 32.4 Å². The van der Waals surface area contributed by atoms with Gasteiger partial charge in [0, 0.05) is 11.8 Å². The van der Waals surface area contributed by atoms with Gasteiger partial charge in [-0.15, -0.1) is 0 Å². The number of aromatic amines is 1. The fourth-order valence-electron chi connectivity index (χ4n) is 1.27. The first kappa shape index (κ1) is 13.5. The Morgan fingerprint density at radius 3 is 2.62 bits per heavy atom. The van der Waals surface area contributed by atoms with Crippen LogP contribution in [-0.4, -0.2) is 32.7 Å². The number of H-pyrrole nitrogens is 1. The fraction of sp³-hybridized carbons (Fsp3) is 0.818. The Morgan fingerprint density at radius 2 is 2.06 bits per heavy atom. The molecule has 92 valence electrons. The molecule has 16 heavy (non-hydrogen) atoms. The standard InChI is InChI=1S/C11H22N4S/c1-8(2)6-16-7-9(3)12-5-11-13-10(4)14-15-11/h8-9,12H,5-7H2,1-4H3,(H,13,14,15). The molecule has 0 bridgehead atoms. The molecule has 1 atom stereocenters. The van der Waals surface area contributed by atoms with Crippen molar-refractivity contribution in [3.8, 4) is 0 Å². The number of nitrogens with one attached hydrogen (secondary N) is 2. The van der Waals surface area contributed by atoms with Crippen LogP contribution in [0.4, 0.5) is 0 Å². The maximum absolute atomic E-state index is 4.26. The molecular weight excluding hydrogens is 220 g/mol. The lowest BCUT2D eigenvalue weighted by molar-refractivity contribution is 0.579. The third-order valence-corrected chi connectivity index (χ3v) is 3.71. The highest BCUT2D eigenvalue weighted by Crippen LogP contribution is 2.08. The van der Waals surface area contributed by atoms with Crippen molar-refractivity contribution in [1.29, 1.82) is 0 Å². The topological polar surface area (TPSA) is 53.6 Å². The van der Waals surface area contributed by atoms with Crippen LogP contribution in [0.15, 0.2) is 0 Å². The normalized spacial score (nSPS) is 13.3. The van der Waals surface area contributed by atoms with Gasteiger partial charge < -0.3 is 5.32 Å². The van der Waals surface area contributed by atoms with Gasteiger partial charge in [0.1, 0.15) is 5.82 Å². The highest BCUT2D eigenvalue weighted by Gasteiger charge is 2.05. The second-order valence-electron chi connectivity index (χ2n) is 4.55. The number of hydrogen-bond donors (Lipinski definition) is 2. The highest BCUT2D eigenvalue weighted by atomic mass is 32.2. The maximum Gasteiger partial charge on any atom is 0.164 e. The second-order valence-corrected chi connectivity index (χ2v) is 5.63. The molecule has 1 unspecified atom stereocenters. The summed E-state index contributed by atoms with van der Waals surface area (Å²) in [5.41, 5.74) is 0. The number of nitrogens with zero attached hydrogens (tertiary/aromatic N) is 2. The highest BCUT2D eigenvalue weighted by molar-refractivity contribution is 7.99. The van der Waals surface area contributed by atoms with Gasteiger partial charge in [0.25, 0.3) is 0 Å². The van der Waals surface area contributed by atoms with Crippen molar-refractivity contribution in [2.24, 2.45) is 5.92 Å². The van der Waals surface area contributed by atoms with Gasteiger partial charge in [0.15, 0.2) is 5.82 Å². The quantitative estimate of drug-likeness (QED) is 0.767. The summed E-state index contributed by atoms with van der Waals surface area (Å²) in [4.78, 5) is 4.26. The third-order valence-electron chi connectivity index (χ3n) is 2.07. The van der Waals surface area contributed by atoms with E-state index >= 15 is 0 Å². The minimum atomic E-state index is 0.502. The van der Waals surface area contributed by atoms with Gasteiger partial charge in [-0.1, -0.05) is 13.8 Å². The van der Waals surface area contributed by atoms with Gasteiger partial charge in [-0.05, 0) is 25.5 Å². The van der Waals surface area contributed by atoms with Crippen LogP contribution >= 0.6 is 11.8 Å². The Bertz CT molecular complexity index is 298. The zero-order chi connectivity index (χ0) is 12.0. The minimum Gasteiger partial charge on any atom is -0.306 e. The number of aromatic nitrogens is 3. The van der Waals surface area contributed by atoms with Gasteiger partial charge in [-0.3, -0.25) is 5.10 Å². The third kappa shape index (κ3) is 5.51. The van der Waals surface area contributed by atoms with E-state index in [2.05, 4.69) is 41.3 Å². The molecule has 4 nitrogen and oxygen atoms in total. The van der Waals surface area contributed by atoms with Crippen LogP contribution in [0.5, 0.6) is 0 Å². The number of rotatable bonds is 7. The largest absolute Gasteiger partial charge is 0.306 e. The Labute approximate surface area is 102 Å². The summed E-state index contributed by atoms with van der Waals surface area (Å²) in [7, 11) is 0. The molecule has 0 fully saturated rings. The SMILES string of the molecule is Cc1nc(CNC(C)CSCC(C)C)n[nH]1. The van der Waals surface area contributed by atoms with E-state index in [9.17, 15) is 0 Å². The van der Waals surface area contributed by atoms with E-state index in [1.807, 2.05) is 18.7 Å². The number of thioether (sulfide) groups is 1. The van der Waals surface area contributed by atoms with Crippen molar-refractivity contribution in [3.05, 3.63) is 11.6 Å². The van der Waals surface area contributed by atoms with E-state index in [-0.39, 0.29) is 0 Å². The average molecular weight is 242 g/mol. The Kier molecular flexibility index (Phi) is 5.84. The molecule has 1 rings (SSSR count). The van der Waals surface area contributed by atoms with Crippen molar-refractivity contribution < 1.29 is 0 Å². The van der Waals surface area contributed by atoms with E-state index in [4.69, 9.17) is 0 Å². The molecule has 0 spiro atoms. The van der Waals surface area contributed by atoms with E-state index in [0.29, 0.717) is 6.04 Å². The lowest BCUT2D eigenvalue weighted by atomic mass is 10.3.